The maximum atomic E-state index is 5.47. The second-order valence-electron chi connectivity index (χ2n) is 2.90. The molecule has 0 heterocycles. The summed E-state index contributed by atoms with van der Waals surface area (Å²) in [6.45, 7) is 1.74. The summed E-state index contributed by atoms with van der Waals surface area (Å²) in [5.41, 5.74) is 0. The van der Waals surface area contributed by atoms with Gasteiger partial charge in [-0.2, -0.15) is 0 Å². The van der Waals surface area contributed by atoms with E-state index in [1.165, 1.54) is 0 Å². The van der Waals surface area contributed by atoms with Crippen LogP contribution in [0.1, 0.15) is 0 Å². The van der Waals surface area contributed by atoms with E-state index in [1.54, 1.807) is 7.11 Å². The third-order valence-electron chi connectivity index (χ3n) is 1.69. The fourth-order valence-corrected chi connectivity index (χ4v) is 1.65. The Kier molecular flexibility index (Phi) is 6.71. The summed E-state index contributed by atoms with van der Waals surface area (Å²) < 4.78 is 15.9. The standard InChI is InChI=1S/C11H15IO3/c1-13-9-11(12)15-8-7-14-10-5-3-2-4-6-10/h2-6,11H,7-9H2,1H3. The zero-order valence-electron chi connectivity index (χ0n) is 8.69. The van der Waals surface area contributed by atoms with Crippen LogP contribution in [0.4, 0.5) is 0 Å². The third kappa shape index (κ3) is 5.96. The Labute approximate surface area is 104 Å². The van der Waals surface area contributed by atoms with Gasteiger partial charge in [0.1, 0.15) is 16.5 Å². The summed E-state index contributed by atoms with van der Waals surface area (Å²) >= 11 is 2.19. The van der Waals surface area contributed by atoms with Crippen molar-refractivity contribution in [2.75, 3.05) is 26.9 Å². The van der Waals surface area contributed by atoms with Crippen LogP contribution in [0, 0.1) is 0 Å². The number of benzene rings is 1. The maximum Gasteiger partial charge on any atom is 0.132 e. The maximum absolute atomic E-state index is 5.47. The third-order valence-corrected chi connectivity index (χ3v) is 2.41. The molecule has 0 radical (unpaired) electrons. The Morgan fingerprint density at radius 1 is 1.20 bits per heavy atom. The molecule has 0 fully saturated rings. The van der Waals surface area contributed by atoms with Crippen LogP contribution in [0.15, 0.2) is 30.3 Å². The summed E-state index contributed by atoms with van der Waals surface area (Å²) in [5.74, 6) is 0.873. The molecule has 0 saturated carbocycles. The van der Waals surface area contributed by atoms with Crippen molar-refractivity contribution in [2.24, 2.45) is 0 Å². The van der Waals surface area contributed by atoms with E-state index in [4.69, 9.17) is 14.2 Å². The molecule has 0 N–H and O–H groups in total. The lowest BCUT2D eigenvalue weighted by Crippen LogP contribution is -2.15. The minimum atomic E-state index is 0.0898. The molecule has 15 heavy (non-hydrogen) atoms. The number of ether oxygens (including phenoxy) is 3. The Morgan fingerprint density at radius 2 is 1.93 bits per heavy atom. The first-order valence-electron chi connectivity index (χ1n) is 4.75. The lowest BCUT2D eigenvalue weighted by Gasteiger charge is -2.11. The molecule has 1 aromatic carbocycles. The molecule has 84 valence electrons. The van der Waals surface area contributed by atoms with Crippen LogP contribution in [0.2, 0.25) is 0 Å². The van der Waals surface area contributed by atoms with Crippen molar-refractivity contribution in [3.8, 4) is 5.75 Å². The van der Waals surface area contributed by atoms with Crippen LogP contribution in [-0.4, -0.2) is 31.0 Å². The highest BCUT2D eigenvalue weighted by molar-refractivity contribution is 14.1. The molecule has 0 saturated heterocycles. The zero-order valence-corrected chi connectivity index (χ0v) is 10.8. The number of para-hydroxylation sites is 1. The average Bonchev–Trinajstić information content (AvgIpc) is 2.26. The molecule has 1 rings (SSSR count). The fourth-order valence-electron chi connectivity index (χ4n) is 1.03. The molecule has 0 aliphatic carbocycles. The van der Waals surface area contributed by atoms with E-state index in [9.17, 15) is 0 Å². The molecule has 4 heteroatoms. The molecule has 1 unspecified atom stereocenters. The molecule has 0 aliphatic rings. The number of halogens is 1. The van der Waals surface area contributed by atoms with Gasteiger partial charge in [0, 0.05) is 7.11 Å². The van der Waals surface area contributed by atoms with E-state index in [2.05, 4.69) is 22.6 Å². The topological polar surface area (TPSA) is 27.7 Å². The fraction of sp³-hybridized carbons (Fsp3) is 0.455. The predicted molar refractivity (Wildman–Crippen MR) is 67.6 cm³/mol. The quantitative estimate of drug-likeness (QED) is 0.439. The highest BCUT2D eigenvalue weighted by atomic mass is 127. The van der Waals surface area contributed by atoms with Crippen LogP contribution < -0.4 is 4.74 Å². The van der Waals surface area contributed by atoms with Crippen molar-refractivity contribution in [2.45, 2.75) is 4.11 Å². The second-order valence-corrected chi connectivity index (χ2v) is 4.29. The minimum Gasteiger partial charge on any atom is -0.491 e. The summed E-state index contributed by atoms with van der Waals surface area (Å²) in [5, 5.41) is 0. The smallest absolute Gasteiger partial charge is 0.132 e. The van der Waals surface area contributed by atoms with Gasteiger partial charge in [-0.25, -0.2) is 0 Å². The highest BCUT2D eigenvalue weighted by Gasteiger charge is 2.02. The molecule has 3 nitrogen and oxygen atoms in total. The van der Waals surface area contributed by atoms with E-state index in [0.29, 0.717) is 19.8 Å². The van der Waals surface area contributed by atoms with E-state index < -0.39 is 0 Å². The Morgan fingerprint density at radius 3 is 2.60 bits per heavy atom. The van der Waals surface area contributed by atoms with Crippen LogP contribution in [0.5, 0.6) is 5.75 Å². The highest BCUT2D eigenvalue weighted by Crippen LogP contribution is 2.08. The molecule has 0 aromatic heterocycles. The first kappa shape index (κ1) is 12.7. The van der Waals surface area contributed by atoms with Crippen molar-refractivity contribution in [3.05, 3.63) is 30.3 Å². The number of hydrogen-bond donors (Lipinski definition) is 0. The largest absolute Gasteiger partial charge is 0.491 e. The molecule has 0 bridgehead atoms. The Bertz CT molecular complexity index is 253. The van der Waals surface area contributed by atoms with Gasteiger partial charge in [-0.05, 0) is 34.7 Å². The van der Waals surface area contributed by atoms with E-state index in [0.717, 1.165) is 5.75 Å². The van der Waals surface area contributed by atoms with Crippen molar-refractivity contribution in [1.29, 1.82) is 0 Å². The van der Waals surface area contributed by atoms with Crippen LogP contribution in [-0.2, 0) is 9.47 Å². The number of methoxy groups -OCH3 is 1. The van der Waals surface area contributed by atoms with Gasteiger partial charge in [0.2, 0.25) is 0 Å². The number of rotatable bonds is 7. The van der Waals surface area contributed by atoms with Gasteiger partial charge in [-0.1, -0.05) is 18.2 Å². The summed E-state index contributed by atoms with van der Waals surface area (Å²) in [7, 11) is 1.66. The summed E-state index contributed by atoms with van der Waals surface area (Å²) in [6, 6.07) is 9.71. The molecule has 1 aromatic rings. The second kappa shape index (κ2) is 7.90. The first-order chi connectivity index (χ1) is 7.33. The number of alkyl halides is 1. The van der Waals surface area contributed by atoms with Crippen molar-refractivity contribution < 1.29 is 14.2 Å². The summed E-state index contributed by atoms with van der Waals surface area (Å²) in [4.78, 5) is 0. The van der Waals surface area contributed by atoms with Gasteiger partial charge in [0.05, 0.1) is 13.2 Å². The lowest BCUT2D eigenvalue weighted by molar-refractivity contribution is 0.0434. The van der Waals surface area contributed by atoms with E-state index >= 15 is 0 Å². The van der Waals surface area contributed by atoms with Crippen LogP contribution in [0.3, 0.4) is 0 Å². The van der Waals surface area contributed by atoms with Gasteiger partial charge in [-0.3, -0.25) is 0 Å². The van der Waals surface area contributed by atoms with Gasteiger partial charge >= 0.3 is 0 Å². The Hall–Kier alpha value is -0.330. The molecule has 1 atom stereocenters. The molecular weight excluding hydrogens is 307 g/mol. The van der Waals surface area contributed by atoms with Crippen LogP contribution >= 0.6 is 22.6 Å². The average molecular weight is 322 g/mol. The van der Waals surface area contributed by atoms with Gasteiger partial charge < -0.3 is 14.2 Å². The SMILES string of the molecule is COCC(I)OCCOc1ccccc1. The Balaban J connectivity index is 2.07. The zero-order chi connectivity index (χ0) is 10.9. The predicted octanol–water partition coefficient (Wildman–Crippen LogP) is 2.49. The summed E-state index contributed by atoms with van der Waals surface area (Å²) in [6.07, 6.45) is 0. The minimum absolute atomic E-state index is 0.0898. The monoisotopic (exact) mass is 322 g/mol. The lowest BCUT2D eigenvalue weighted by atomic mass is 10.3. The molecule has 0 amide bonds. The van der Waals surface area contributed by atoms with Crippen LogP contribution in [0.25, 0.3) is 0 Å². The van der Waals surface area contributed by atoms with E-state index in [-0.39, 0.29) is 4.11 Å². The van der Waals surface area contributed by atoms with Gasteiger partial charge in [-0.15, -0.1) is 0 Å². The molecule has 0 aliphatic heterocycles. The van der Waals surface area contributed by atoms with Crippen molar-refractivity contribution in [1.82, 2.24) is 0 Å². The normalized spacial score (nSPS) is 12.4. The van der Waals surface area contributed by atoms with Crippen molar-refractivity contribution in [3.63, 3.8) is 0 Å². The van der Waals surface area contributed by atoms with Crippen molar-refractivity contribution >= 4 is 22.6 Å². The van der Waals surface area contributed by atoms with Gasteiger partial charge in [0.25, 0.3) is 0 Å². The van der Waals surface area contributed by atoms with E-state index in [1.807, 2.05) is 30.3 Å². The number of hydrogen-bond acceptors (Lipinski definition) is 3. The van der Waals surface area contributed by atoms with Gasteiger partial charge in [0.15, 0.2) is 0 Å². The molecule has 0 spiro atoms. The molecular formula is C11H15IO3. The first-order valence-corrected chi connectivity index (χ1v) is 6.00.